The van der Waals surface area contributed by atoms with Gasteiger partial charge in [-0.3, -0.25) is 0 Å². The SMILES string of the molecule is CC1(C)OB(c2ccccc2-c2cccc(-c3cccc4c3[nH]c3ccccc34)c2)OC1(C)C. The van der Waals surface area contributed by atoms with Gasteiger partial charge in [-0.05, 0) is 62.0 Å². The van der Waals surface area contributed by atoms with Gasteiger partial charge in [0.1, 0.15) is 0 Å². The zero-order valence-corrected chi connectivity index (χ0v) is 20.1. The molecule has 1 fully saturated rings. The summed E-state index contributed by atoms with van der Waals surface area (Å²) in [5.74, 6) is 0. The first kappa shape index (κ1) is 21.2. The summed E-state index contributed by atoms with van der Waals surface area (Å²) in [6.07, 6.45) is 0. The molecule has 2 heterocycles. The van der Waals surface area contributed by atoms with Gasteiger partial charge in [0.2, 0.25) is 0 Å². The number of aromatic amines is 1. The maximum absolute atomic E-state index is 6.39. The van der Waals surface area contributed by atoms with Crippen LogP contribution in [0, 0.1) is 0 Å². The predicted octanol–water partition coefficient (Wildman–Crippen LogP) is 6.95. The molecule has 1 aromatic heterocycles. The van der Waals surface area contributed by atoms with Crippen molar-refractivity contribution < 1.29 is 9.31 Å². The fourth-order valence-electron chi connectivity index (χ4n) is 4.90. The Hall–Kier alpha value is -3.34. The first-order valence-electron chi connectivity index (χ1n) is 11.9. The molecule has 168 valence electrons. The molecule has 6 rings (SSSR count). The lowest BCUT2D eigenvalue weighted by molar-refractivity contribution is 0.00578. The van der Waals surface area contributed by atoms with Crippen LogP contribution in [0.1, 0.15) is 27.7 Å². The van der Waals surface area contributed by atoms with Crippen LogP contribution in [0.3, 0.4) is 0 Å². The van der Waals surface area contributed by atoms with Crippen molar-refractivity contribution in [3.8, 4) is 22.3 Å². The summed E-state index contributed by atoms with van der Waals surface area (Å²) < 4.78 is 12.8. The third kappa shape index (κ3) is 3.29. The summed E-state index contributed by atoms with van der Waals surface area (Å²) in [5.41, 5.74) is 7.29. The van der Waals surface area contributed by atoms with Crippen molar-refractivity contribution in [3.63, 3.8) is 0 Å². The zero-order valence-electron chi connectivity index (χ0n) is 20.1. The van der Waals surface area contributed by atoms with E-state index in [0.717, 1.165) is 22.1 Å². The van der Waals surface area contributed by atoms with Crippen LogP contribution in [0.2, 0.25) is 0 Å². The molecular weight excluding hydrogens is 417 g/mol. The molecular formula is C30H28BNO2. The molecule has 0 bridgehead atoms. The molecule has 5 aromatic rings. The molecule has 1 aliphatic rings. The van der Waals surface area contributed by atoms with E-state index in [1.54, 1.807) is 0 Å². The number of hydrogen-bond acceptors (Lipinski definition) is 2. The van der Waals surface area contributed by atoms with Crippen molar-refractivity contribution in [1.82, 2.24) is 4.98 Å². The Kier molecular flexibility index (Phi) is 4.74. The van der Waals surface area contributed by atoms with Crippen LogP contribution in [0.25, 0.3) is 44.1 Å². The topological polar surface area (TPSA) is 34.2 Å². The van der Waals surface area contributed by atoms with E-state index in [-0.39, 0.29) is 11.2 Å². The van der Waals surface area contributed by atoms with Gasteiger partial charge in [0.05, 0.1) is 16.7 Å². The highest BCUT2D eigenvalue weighted by Gasteiger charge is 2.52. The van der Waals surface area contributed by atoms with Crippen LogP contribution in [-0.2, 0) is 9.31 Å². The summed E-state index contributed by atoms with van der Waals surface area (Å²) in [5, 5.41) is 2.50. The number of benzene rings is 4. The number of aromatic nitrogens is 1. The van der Waals surface area contributed by atoms with Gasteiger partial charge in [0, 0.05) is 21.9 Å². The molecule has 4 heteroatoms. The van der Waals surface area contributed by atoms with Gasteiger partial charge in [0.25, 0.3) is 0 Å². The Morgan fingerprint density at radius 2 is 1.21 bits per heavy atom. The van der Waals surface area contributed by atoms with Gasteiger partial charge in [-0.1, -0.05) is 78.9 Å². The highest BCUT2D eigenvalue weighted by atomic mass is 16.7. The van der Waals surface area contributed by atoms with Gasteiger partial charge in [-0.25, -0.2) is 0 Å². The van der Waals surface area contributed by atoms with Crippen LogP contribution >= 0.6 is 0 Å². The van der Waals surface area contributed by atoms with Crippen LogP contribution in [0.4, 0.5) is 0 Å². The molecule has 0 radical (unpaired) electrons. The molecule has 1 saturated heterocycles. The monoisotopic (exact) mass is 445 g/mol. The van der Waals surface area contributed by atoms with Gasteiger partial charge in [-0.2, -0.15) is 0 Å². The van der Waals surface area contributed by atoms with Crippen molar-refractivity contribution in [2.75, 3.05) is 0 Å². The van der Waals surface area contributed by atoms with E-state index in [1.165, 1.54) is 27.4 Å². The highest BCUT2D eigenvalue weighted by Crippen LogP contribution is 2.38. The Morgan fingerprint density at radius 1 is 0.618 bits per heavy atom. The van der Waals surface area contributed by atoms with Crippen molar-refractivity contribution in [3.05, 3.63) is 91.0 Å². The number of nitrogens with one attached hydrogen (secondary N) is 1. The van der Waals surface area contributed by atoms with E-state index < -0.39 is 7.12 Å². The summed E-state index contributed by atoms with van der Waals surface area (Å²) in [7, 11) is -0.401. The van der Waals surface area contributed by atoms with Gasteiger partial charge in [-0.15, -0.1) is 0 Å². The van der Waals surface area contributed by atoms with Crippen molar-refractivity contribution in [2.24, 2.45) is 0 Å². The van der Waals surface area contributed by atoms with E-state index in [2.05, 4.69) is 124 Å². The van der Waals surface area contributed by atoms with Crippen LogP contribution in [-0.4, -0.2) is 23.3 Å². The fourth-order valence-corrected chi connectivity index (χ4v) is 4.90. The average Bonchev–Trinajstić information content (AvgIpc) is 3.32. The van der Waals surface area contributed by atoms with E-state index in [9.17, 15) is 0 Å². The van der Waals surface area contributed by atoms with Gasteiger partial charge >= 0.3 is 7.12 Å². The average molecular weight is 445 g/mol. The van der Waals surface area contributed by atoms with Crippen molar-refractivity contribution in [1.29, 1.82) is 0 Å². The predicted molar refractivity (Wildman–Crippen MR) is 142 cm³/mol. The minimum absolute atomic E-state index is 0.377. The Balaban J connectivity index is 1.46. The Morgan fingerprint density at radius 3 is 2.00 bits per heavy atom. The lowest BCUT2D eigenvalue weighted by Gasteiger charge is -2.32. The Bertz CT molecular complexity index is 1520. The number of para-hydroxylation sites is 2. The molecule has 4 aromatic carbocycles. The Labute approximate surface area is 200 Å². The molecule has 34 heavy (non-hydrogen) atoms. The maximum Gasteiger partial charge on any atom is 0.495 e. The standard InChI is InChI=1S/C30H28BNO2/c1-29(2)30(3,4)34-31(33-29)26-17-7-5-13-22(26)20-11-9-12-21(19-20)23-15-10-16-25-24-14-6-8-18-27(24)32-28(23)25/h5-19,32H,1-4H3. The maximum atomic E-state index is 6.39. The van der Waals surface area contributed by atoms with E-state index >= 15 is 0 Å². The summed E-state index contributed by atoms with van der Waals surface area (Å²) in [4.78, 5) is 3.64. The minimum atomic E-state index is -0.401. The largest absolute Gasteiger partial charge is 0.495 e. The first-order valence-corrected chi connectivity index (χ1v) is 11.9. The molecule has 0 unspecified atom stereocenters. The number of H-pyrrole nitrogens is 1. The second kappa shape index (κ2) is 7.59. The number of hydrogen-bond donors (Lipinski definition) is 1. The molecule has 0 aliphatic carbocycles. The molecule has 0 saturated carbocycles. The van der Waals surface area contributed by atoms with Crippen molar-refractivity contribution >= 4 is 34.4 Å². The molecule has 3 nitrogen and oxygen atoms in total. The van der Waals surface area contributed by atoms with Crippen LogP contribution < -0.4 is 5.46 Å². The minimum Gasteiger partial charge on any atom is -0.399 e. The first-order chi connectivity index (χ1) is 16.3. The van der Waals surface area contributed by atoms with Gasteiger partial charge in [0.15, 0.2) is 0 Å². The summed E-state index contributed by atoms with van der Waals surface area (Å²) in [6.45, 7) is 8.38. The van der Waals surface area contributed by atoms with E-state index in [0.29, 0.717) is 0 Å². The van der Waals surface area contributed by atoms with Crippen LogP contribution in [0.5, 0.6) is 0 Å². The normalized spacial score (nSPS) is 17.0. The van der Waals surface area contributed by atoms with Crippen LogP contribution in [0.15, 0.2) is 91.0 Å². The number of fused-ring (bicyclic) bond motifs is 3. The lowest BCUT2D eigenvalue weighted by atomic mass is 9.74. The molecule has 0 atom stereocenters. The summed E-state index contributed by atoms with van der Waals surface area (Å²) >= 11 is 0. The highest BCUT2D eigenvalue weighted by molar-refractivity contribution is 6.63. The fraction of sp³-hybridized carbons (Fsp3) is 0.200. The lowest BCUT2D eigenvalue weighted by Crippen LogP contribution is -2.41. The quantitative estimate of drug-likeness (QED) is 0.305. The smallest absolute Gasteiger partial charge is 0.399 e. The van der Waals surface area contributed by atoms with E-state index in [1.807, 2.05) is 0 Å². The van der Waals surface area contributed by atoms with Gasteiger partial charge < -0.3 is 14.3 Å². The molecule has 0 amide bonds. The molecule has 1 N–H and O–H groups in total. The number of rotatable bonds is 3. The molecule has 0 spiro atoms. The second-order valence-corrected chi connectivity index (χ2v) is 10.2. The zero-order chi connectivity index (χ0) is 23.5. The van der Waals surface area contributed by atoms with Crippen molar-refractivity contribution in [2.45, 2.75) is 38.9 Å². The summed E-state index contributed by atoms with van der Waals surface area (Å²) in [6, 6.07) is 32.2. The van der Waals surface area contributed by atoms with E-state index in [4.69, 9.17) is 9.31 Å². The third-order valence-electron chi connectivity index (χ3n) is 7.49. The second-order valence-electron chi connectivity index (χ2n) is 10.2. The molecule has 1 aliphatic heterocycles. The third-order valence-corrected chi connectivity index (χ3v) is 7.49.